The summed E-state index contributed by atoms with van der Waals surface area (Å²) in [6, 6.07) is 39.3. The van der Waals surface area contributed by atoms with Gasteiger partial charge in [0.1, 0.15) is 60.8 Å². The number of carboxylic acid groups (broad SMARTS) is 7. The molecule has 0 spiro atoms. The minimum absolute atomic E-state index is 0.0124. The molecule has 10 atom stereocenters. The summed E-state index contributed by atoms with van der Waals surface area (Å²) in [5.74, 6) is -15.6. The summed E-state index contributed by atoms with van der Waals surface area (Å²) in [6.45, 7) is 19.9. The number of carbonyl (C=O) groups is 14. The Morgan fingerprint density at radius 2 is 0.993 bits per heavy atom. The van der Waals surface area contributed by atoms with Crippen molar-refractivity contribution in [3.05, 3.63) is 185 Å². The zero-order valence-corrected chi connectivity index (χ0v) is 81.1. The number of para-hydroxylation sites is 1. The first-order valence-electron chi connectivity index (χ1n) is 45.5. The van der Waals surface area contributed by atoms with Crippen LogP contribution in [0.5, 0.6) is 0 Å². The van der Waals surface area contributed by atoms with Crippen LogP contribution in [-0.4, -0.2) is 271 Å². The van der Waals surface area contributed by atoms with Gasteiger partial charge in [-0.1, -0.05) is 207 Å². The number of hydrogen-bond donors (Lipinski definition) is 17. The van der Waals surface area contributed by atoms with Crippen LogP contribution in [0.15, 0.2) is 162 Å². The van der Waals surface area contributed by atoms with E-state index in [4.69, 9.17) is 70.8 Å². The van der Waals surface area contributed by atoms with Crippen molar-refractivity contribution in [3.63, 3.8) is 0 Å². The maximum atomic E-state index is 14.1. The maximum Gasteiger partial charge on any atom is 0.407 e. The Morgan fingerprint density at radius 3 is 1.44 bits per heavy atom. The molecule has 0 bridgehead atoms. The largest absolute Gasteiger partial charge is 0.481 e. The number of amides is 5. The van der Waals surface area contributed by atoms with Crippen molar-refractivity contribution in [2.45, 2.75) is 187 Å². The number of Topliss-reactive ketones (excluding diaryl/α,β-unsaturated/α-hetero) is 2. The number of nitrogens with two attached hydrogens (primary N) is 3. The topological polar surface area (TPSA) is 658 Å². The van der Waals surface area contributed by atoms with Crippen LogP contribution in [0.2, 0.25) is 0 Å². The number of alkyl carbamates (subject to hydrolysis) is 3. The number of thiol groups is 1. The first-order chi connectivity index (χ1) is 67.2. The van der Waals surface area contributed by atoms with Crippen LogP contribution >= 0.6 is 12.6 Å². The molecule has 2 aliphatic carbocycles. The average molecular weight is 2000 g/mol. The first kappa shape index (κ1) is 115. The number of aromatic nitrogens is 3. The van der Waals surface area contributed by atoms with E-state index in [1.165, 1.54) is 6.08 Å². The molecule has 768 valence electrons. The number of aliphatic imine (C=N–C) groups is 1. The van der Waals surface area contributed by atoms with E-state index in [1.807, 2.05) is 133 Å². The number of nitrogens with zero attached hydrogens (tertiary/aromatic N) is 5. The van der Waals surface area contributed by atoms with Gasteiger partial charge in [0.15, 0.2) is 12.1 Å². The number of carboxylic acids is 7. The summed E-state index contributed by atoms with van der Waals surface area (Å²) in [5.41, 5.74) is 30.4. The third-order valence-electron chi connectivity index (χ3n) is 21.5. The summed E-state index contributed by atoms with van der Waals surface area (Å²) in [6.07, 6.45) is -9.57. The molecule has 42 nitrogen and oxygen atoms in total. The highest BCUT2D eigenvalue weighted by Crippen LogP contribution is 2.47. The lowest BCUT2D eigenvalue weighted by Gasteiger charge is -2.38. The number of nitrogens with one attached hydrogen (secondary N) is 4. The quantitative estimate of drug-likeness (QED) is 0.00558. The van der Waals surface area contributed by atoms with E-state index < -0.39 is 170 Å². The SMILES string of the molecule is CC(C)(C)C.CC(C)(C)C.C[C@H]1[C@H]([C@H](OC(=O)NCCOCCOCCOCCn2nnc3c2-c2ccccc2CN(C(=O)CCC(=O)CC[C@H](N)C(=O)C[C@@H](CC(=O)O)C(=O)N[C@@H](CS)C(=O)O)c2ccccc2-3)[C@H](O)CO)OC(C(=O)O)=C[C@@H]1N=C(N)N.O=C(O)C[C@H](NC(=O)OCC1c2ccccc2-c2ccccc21)C(=O)O.O=C(O)C[C@H](NC(=O)OCC1c2ccccc2-c2ccccc21)C(=O)O. The Labute approximate surface area is 824 Å². The second-order valence-corrected chi connectivity index (χ2v) is 36.9. The van der Waals surface area contributed by atoms with Gasteiger partial charge in [-0.15, -0.1) is 5.10 Å². The highest BCUT2D eigenvalue weighted by atomic mass is 32.1. The maximum absolute atomic E-state index is 14.1. The zero-order chi connectivity index (χ0) is 105. The summed E-state index contributed by atoms with van der Waals surface area (Å²) < 4.78 is 40.0. The molecule has 6 aromatic carbocycles. The van der Waals surface area contributed by atoms with Crippen LogP contribution in [0.1, 0.15) is 153 Å². The van der Waals surface area contributed by atoms with Gasteiger partial charge in [0.2, 0.25) is 17.6 Å². The fourth-order valence-corrected chi connectivity index (χ4v) is 15.2. The summed E-state index contributed by atoms with van der Waals surface area (Å²) in [4.78, 5) is 173. The number of rotatable bonds is 45. The number of aliphatic hydroxyl groups excluding tert-OH is 2. The van der Waals surface area contributed by atoms with Crippen LogP contribution in [0.25, 0.3) is 44.8 Å². The van der Waals surface area contributed by atoms with Crippen molar-refractivity contribution in [3.8, 4) is 44.8 Å². The Kier molecular flexibility index (Phi) is 45.0. The number of carbonyl (C=O) groups excluding carboxylic acids is 7. The predicted octanol–water partition coefficient (Wildman–Crippen LogP) is 8.62. The molecular formula is C99H126N12O30S. The van der Waals surface area contributed by atoms with Crippen LogP contribution in [0, 0.1) is 22.7 Å². The standard InChI is InChI=1S/C51H68N10O18S.2C19H17NO6.2C5H12/c1-28-35(57-50(53)54)24-40(49(72)73)78-45(28)46(39(65)26-62)79-51(74)55-14-16-75-18-20-77-21-19-76-17-15-61-44-32-7-3-2-6-29(32)25-60(37-9-5-4-8-33(37)43(44)58-59-61)41(66)13-11-31(63)10-12-34(52)38(64)22-30(23-42(67)68)47(69)56-36(27-80)48(70)71;2*21-17(22)9-16(18(23)24)20-19(25)26-10-15-13-7-3-1-5-11(13)12-6-2-4-8-14(12)15;2*1-5(2,3)4/h2-9,24,28,30,34-36,39,45-46,62,65,80H,10-23,25-27,52H2,1H3,(H,55,74)(H,56,69)(H,67,68)(H,70,71)(H,72,73)(H4,53,54,57);2*1-8,15-16H,9-10H2,(H,20,25)(H,21,22)(H,23,24);2*1-4H3/t28-,30+,34+,35+,36+,39-,45-,46-;2*16-;;/m100../s1. The molecule has 0 saturated heterocycles. The fraction of sp³-hybridized carbons (Fsp3) is 0.444. The van der Waals surface area contributed by atoms with Crippen LogP contribution in [-0.2, 0) is 99.0 Å². The molecule has 3 heterocycles. The molecule has 142 heavy (non-hydrogen) atoms. The smallest absolute Gasteiger partial charge is 0.407 e. The molecule has 2 aliphatic heterocycles. The molecule has 5 amide bonds. The molecule has 1 aromatic heterocycles. The van der Waals surface area contributed by atoms with Crippen molar-refractivity contribution in [1.29, 1.82) is 0 Å². The number of ether oxygens (including phenoxy) is 7. The molecule has 7 aromatic rings. The van der Waals surface area contributed by atoms with Crippen molar-refractivity contribution < 1.29 is 146 Å². The van der Waals surface area contributed by atoms with Gasteiger partial charge in [-0.05, 0) is 79.5 Å². The molecule has 11 rings (SSSR count). The number of aliphatic carboxylic acids is 7. The number of benzene rings is 6. The minimum Gasteiger partial charge on any atom is -0.481 e. The molecule has 43 heteroatoms. The van der Waals surface area contributed by atoms with E-state index in [1.54, 1.807) is 28.6 Å². The molecule has 0 saturated carbocycles. The molecule has 0 unspecified atom stereocenters. The second-order valence-electron chi connectivity index (χ2n) is 36.5. The number of aliphatic hydroxyl groups is 2. The van der Waals surface area contributed by atoms with Gasteiger partial charge < -0.3 is 122 Å². The number of ketones is 2. The molecular weight excluding hydrogens is 1870 g/mol. The predicted molar refractivity (Wildman–Crippen MR) is 520 cm³/mol. The summed E-state index contributed by atoms with van der Waals surface area (Å²) >= 11 is 3.88. The molecule has 4 aliphatic rings. The molecule has 0 radical (unpaired) electrons. The fourth-order valence-electron chi connectivity index (χ4n) is 15.0. The Bertz CT molecular complexity index is 5340. The van der Waals surface area contributed by atoms with Gasteiger partial charge in [-0.25, -0.2) is 43.2 Å². The minimum atomic E-state index is -1.64. The lowest BCUT2D eigenvalue weighted by Crippen LogP contribution is -2.52. The third kappa shape index (κ3) is 36.4. The second kappa shape index (κ2) is 55.7. The Morgan fingerprint density at radius 1 is 0.549 bits per heavy atom. The van der Waals surface area contributed by atoms with Gasteiger partial charge in [0.05, 0.1) is 108 Å². The van der Waals surface area contributed by atoms with E-state index in [-0.39, 0.29) is 127 Å². The van der Waals surface area contributed by atoms with E-state index in [0.717, 1.165) is 55.6 Å². The van der Waals surface area contributed by atoms with Gasteiger partial charge >= 0.3 is 60.1 Å². The number of hydrogen-bond acceptors (Lipinski definition) is 28. The number of anilines is 1. The van der Waals surface area contributed by atoms with Crippen LogP contribution in [0.3, 0.4) is 0 Å². The molecule has 19 N–H and O–H groups in total. The van der Waals surface area contributed by atoms with Crippen molar-refractivity contribution >= 4 is 108 Å². The Hall–Kier alpha value is -14.2. The van der Waals surface area contributed by atoms with Gasteiger partial charge in [0, 0.05) is 66.9 Å². The molecule has 0 fully saturated rings. The van der Waals surface area contributed by atoms with Crippen molar-refractivity contribution in [1.82, 2.24) is 36.3 Å². The zero-order valence-electron chi connectivity index (χ0n) is 80.2. The van der Waals surface area contributed by atoms with Crippen molar-refractivity contribution in [2.75, 3.05) is 76.7 Å². The Balaban J connectivity index is 0.000000351. The highest BCUT2D eigenvalue weighted by Gasteiger charge is 2.45. The first-order valence-corrected chi connectivity index (χ1v) is 46.2. The normalized spacial score (nSPS) is 15.5. The van der Waals surface area contributed by atoms with E-state index >= 15 is 0 Å². The van der Waals surface area contributed by atoms with Gasteiger partial charge in [-0.3, -0.25) is 33.6 Å². The van der Waals surface area contributed by atoms with E-state index in [2.05, 4.69) is 105 Å². The summed E-state index contributed by atoms with van der Waals surface area (Å²) in [7, 11) is 0. The van der Waals surface area contributed by atoms with Crippen LogP contribution < -0.4 is 43.4 Å². The monoisotopic (exact) mass is 1990 g/mol. The highest BCUT2D eigenvalue weighted by molar-refractivity contribution is 7.80. The lowest BCUT2D eigenvalue weighted by molar-refractivity contribution is -0.147. The third-order valence-corrected chi connectivity index (χ3v) is 21.9. The number of fused-ring (bicyclic) bond motifs is 11. The van der Waals surface area contributed by atoms with E-state index in [9.17, 15) is 92.7 Å². The van der Waals surface area contributed by atoms with Crippen LogP contribution in [0.4, 0.5) is 20.1 Å². The number of guanidine groups is 1. The van der Waals surface area contributed by atoms with E-state index in [0.29, 0.717) is 40.0 Å². The average Bonchev–Trinajstić information content (AvgIpc) is 1.57. The van der Waals surface area contributed by atoms with Crippen molar-refractivity contribution in [2.24, 2.45) is 44.9 Å². The van der Waals surface area contributed by atoms with Gasteiger partial charge in [-0.2, -0.15) is 12.6 Å². The summed E-state index contributed by atoms with van der Waals surface area (Å²) in [5, 5.41) is 101. The lowest BCUT2D eigenvalue weighted by atomic mass is 9.87. The van der Waals surface area contributed by atoms with Gasteiger partial charge in [0.25, 0.3) is 0 Å².